The van der Waals surface area contributed by atoms with Crippen LogP contribution in [0.15, 0.2) is 54.7 Å². The number of pyridine rings is 1. The summed E-state index contributed by atoms with van der Waals surface area (Å²) in [7, 11) is 0. The van der Waals surface area contributed by atoms with Crippen LogP contribution in [-0.4, -0.2) is 4.98 Å². The standard InChI is InChI=1S/C15H17N/c1-2-8-14(13-9-4-3-5-10-13)15-11-6-7-12-16-15/h3-7,9-12,14H,2,8H2,1H3. The van der Waals surface area contributed by atoms with Crippen molar-refractivity contribution in [3.63, 3.8) is 0 Å². The van der Waals surface area contributed by atoms with E-state index >= 15 is 0 Å². The van der Waals surface area contributed by atoms with Crippen molar-refractivity contribution < 1.29 is 0 Å². The van der Waals surface area contributed by atoms with Crippen LogP contribution in [0.3, 0.4) is 0 Å². The van der Waals surface area contributed by atoms with E-state index in [2.05, 4.69) is 54.4 Å². The highest BCUT2D eigenvalue weighted by Gasteiger charge is 2.13. The van der Waals surface area contributed by atoms with Gasteiger partial charge >= 0.3 is 0 Å². The number of hydrogen-bond donors (Lipinski definition) is 0. The summed E-state index contributed by atoms with van der Waals surface area (Å²) in [5, 5.41) is 0. The van der Waals surface area contributed by atoms with Crippen LogP contribution in [0.2, 0.25) is 0 Å². The Kier molecular flexibility index (Phi) is 3.71. The van der Waals surface area contributed by atoms with E-state index in [4.69, 9.17) is 0 Å². The van der Waals surface area contributed by atoms with Crippen LogP contribution in [0.1, 0.15) is 36.9 Å². The summed E-state index contributed by atoms with van der Waals surface area (Å²) in [5.74, 6) is 0.437. The lowest BCUT2D eigenvalue weighted by atomic mass is 9.91. The van der Waals surface area contributed by atoms with Crippen molar-refractivity contribution in [1.29, 1.82) is 0 Å². The van der Waals surface area contributed by atoms with Crippen LogP contribution in [0.4, 0.5) is 0 Å². The van der Waals surface area contributed by atoms with Gasteiger partial charge < -0.3 is 0 Å². The van der Waals surface area contributed by atoms with Gasteiger partial charge in [-0.2, -0.15) is 0 Å². The second-order valence-corrected chi connectivity index (χ2v) is 4.01. The first-order valence-corrected chi connectivity index (χ1v) is 5.87. The summed E-state index contributed by atoms with van der Waals surface area (Å²) in [5.41, 5.74) is 2.54. The molecule has 0 fully saturated rings. The van der Waals surface area contributed by atoms with Gasteiger partial charge in [0.25, 0.3) is 0 Å². The molecule has 0 aliphatic carbocycles. The Hall–Kier alpha value is -1.63. The average molecular weight is 211 g/mol. The molecular weight excluding hydrogens is 194 g/mol. The van der Waals surface area contributed by atoms with Crippen LogP contribution in [0.25, 0.3) is 0 Å². The second kappa shape index (κ2) is 5.45. The number of aromatic nitrogens is 1. The van der Waals surface area contributed by atoms with Gasteiger partial charge in [0.05, 0.1) is 0 Å². The zero-order valence-corrected chi connectivity index (χ0v) is 9.63. The van der Waals surface area contributed by atoms with Crippen LogP contribution in [0, 0.1) is 0 Å². The number of hydrogen-bond acceptors (Lipinski definition) is 1. The quantitative estimate of drug-likeness (QED) is 0.744. The maximum absolute atomic E-state index is 4.47. The lowest BCUT2D eigenvalue weighted by Crippen LogP contribution is -2.02. The number of nitrogens with zero attached hydrogens (tertiary/aromatic N) is 1. The van der Waals surface area contributed by atoms with Crippen molar-refractivity contribution in [2.24, 2.45) is 0 Å². The molecule has 0 amide bonds. The molecule has 1 nitrogen and oxygen atoms in total. The van der Waals surface area contributed by atoms with Gasteiger partial charge in [-0.25, -0.2) is 0 Å². The average Bonchev–Trinajstić information content (AvgIpc) is 2.38. The first kappa shape index (κ1) is 10.9. The summed E-state index contributed by atoms with van der Waals surface area (Å²) in [4.78, 5) is 4.47. The van der Waals surface area contributed by atoms with E-state index < -0.39 is 0 Å². The molecule has 16 heavy (non-hydrogen) atoms. The number of rotatable bonds is 4. The van der Waals surface area contributed by atoms with E-state index in [1.165, 1.54) is 17.7 Å². The fraction of sp³-hybridized carbons (Fsp3) is 0.267. The third-order valence-electron chi connectivity index (χ3n) is 2.82. The van der Waals surface area contributed by atoms with E-state index in [1.54, 1.807) is 0 Å². The predicted octanol–water partition coefficient (Wildman–Crippen LogP) is 4.01. The lowest BCUT2D eigenvalue weighted by Gasteiger charge is -2.15. The van der Waals surface area contributed by atoms with Crippen molar-refractivity contribution in [2.45, 2.75) is 25.7 Å². The molecule has 2 aromatic rings. The normalized spacial score (nSPS) is 12.3. The maximum atomic E-state index is 4.47. The Morgan fingerprint density at radius 2 is 1.75 bits per heavy atom. The molecule has 1 heterocycles. The van der Waals surface area contributed by atoms with E-state index in [0.717, 1.165) is 6.42 Å². The molecule has 0 spiro atoms. The Morgan fingerprint density at radius 1 is 1.00 bits per heavy atom. The first-order valence-electron chi connectivity index (χ1n) is 5.87. The van der Waals surface area contributed by atoms with E-state index in [9.17, 15) is 0 Å². The molecule has 0 aliphatic heterocycles. The summed E-state index contributed by atoms with van der Waals surface area (Å²) in [6.07, 6.45) is 4.21. The Bertz CT molecular complexity index is 368. The highest BCUT2D eigenvalue weighted by Crippen LogP contribution is 2.27. The Morgan fingerprint density at radius 3 is 2.38 bits per heavy atom. The van der Waals surface area contributed by atoms with E-state index in [-0.39, 0.29) is 0 Å². The molecule has 0 bridgehead atoms. The van der Waals surface area contributed by atoms with Gasteiger partial charge in [-0.05, 0) is 24.1 Å². The molecule has 1 unspecified atom stereocenters. The zero-order valence-electron chi connectivity index (χ0n) is 9.63. The molecule has 82 valence electrons. The van der Waals surface area contributed by atoms with Crippen molar-refractivity contribution in [1.82, 2.24) is 4.98 Å². The van der Waals surface area contributed by atoms with Crippen molar-refractivity contribution in [3.8, 4) is 0 Å². The predicted molar refractivity (Wildman–Crippen MR) is 67.4 cm³/mol. The monoisotopic (exact) mass is 211 g/mol. The summed E-state index contributed by atoms with van der Waals surface area (Å²) >= 11 is 0. The molecule has 0 saturated heterocycles. The molecule has 0 N–H and O–H groups in total. The molecule has 0 saturated carbocycles. The minimum Gasteiger partial charge on any atom is -0.261 e. The van der Waals surface area contributed by atoms with Crippen LogP contribution in [0.5, 0.6) is 0 Å². The molecular formula is C15H17N. The maximum Gasteiger partial charge on any atom is 0.0478 e. The summed E-state index contributed by atoms with van der Waals surface area (Å²) in [6, 6.07) is 16.8. The summed E-state index contributed by atoms with van der Waals surface area (Å²) in [6.45, 7) is 2.22. The van der Waals surface area contributed by atoms with Gasteiger partial charge in [0.2, 0.25) is 0 Å². The Balaban J connectivity index is 2.31. The minimum atomic E-state index is 0.437. The highest BCUT2D eigenvalue weighted by molar-refractivity contribution is 5.28. The van der Waals surface area contributed by atoms with Crippen molar-refractivity contribution in [3.05, 3.63) is 66.0 Å². The van der Waals surface area contributed by atoms with Crippen LogP contribution < -0.4 is 0 Å². The van der Waals surface area contributed by atoms with Gasteiger partial charge in [-0.15, -0.1) is 0 Å². The molecule has 1 aromatic carbocycles. The first-order chi connectivity index (χ1) is 7.92. The van der Waals surface area contributed by atoms with Gasteiger partial charge in [0.1, 0.15) is 0 Å². The van der Waals surface area contributed by atoms with Gasteiger partial charge in [0, 0.05) is 17.8 Å². The van der Waals surface area contributed by atoms with E-state index in [0.29, 0.717) is 5.92 Å². The molecule has 0 aliphatic rings. The minimum absolute atomic E-state index is 0.437. The highest BCUT2D eigenvalue weighted by atomic mass is 14.7. The van der Waals surface area contributed by atoms with Crippen LogP contribution in [-0.2, 0) is 0 Å². The molecule has 2 rings (SSSR count). The van der Waals surface area contributed by atoms with Crippen molar-refractivity contribution in [2.75, 3.05) is 0 Å². The number of benzene rings is 1. The molecule has 1 atom stereocenters. The summed E-state index contributed by atoms with van der Waals surface area (Å²) < 4.78 is 0. The van der Waals surface area contributed by atoms with Gasteiger partial charge in [-0.3, -0.25) is 4.98 Å². The molecule has 0 radical (unpaired) electrons. The van der Waals surface area contributed by atoms with Gasteiger partial charge in [0.15, 0.2) is 0 Å². The smallest absolute Gasteiger partial charge is 0.0478 e. The molecule has 1 heteroatoms. The third-order valence-corrected chi connectivity index (χ3v) is 2.82. The van der Waals surface area contributed by atoms with Crippen LogP contribution >= 0.6 is 0 Å². The van der Waals surface area contributed by atoms with E-state index in [1.807, 2.05) is 12.3 Å². The molecule has 1 aromatic heterocycles. The fourth-order valence-electron chi connectivity index (χ4n) is 2.04. The zero-order chi connectivity index (χ0) is 11.2. The van der Waals surface area contributed by atoms with Crippen molar-refractivity contribution >= 4 is 0 Å². The SMILES string of the molecule is CCCC(c1ccccc1)c1ccccn1. The lowest BCUT2D eigenvalue weighted by molar-refractivity contribution is 0.680. The third kappa shape index (κ3) is 2.48. The Labute approximate surface area is 97.2 Å². The fourth-order valence-corrected chi connectivity index (χ4v) is 2.04. The topological polar surface area (TPSA) is 12.9 Å². The largest absolute Gasteiger partial charge is 0.261 e. The second-order valence-electron chi connectivity index (χ2n) is 4.01. The van der Waals surface area contributed by atoms with Gasteiger partial charge in [-0.1, -0.05) is 49.7 Å².